The van der Waals surface area contributed by atoms with E-state index >= 15 is 0 Å². The summed E-state index contributed by atoms with van der Waals surface area (Å²) in [6, 6.07) is 3.30. The maximum Gasteiger partial charge on any atom is 0.131 e. The largest absolute Gasteiger partial charge is 0.507 e. The quantitative estimate of drug-likeness (QED) is 0.602. The summed E-state index contributed by atoms with van der Waals surface area (Å²) in [6.07, 6.45) is 3.13. The van der Waals surface area contributed by atoms with Gasteiger partial charge >= 0.3 is 0 Å². The monoisotopic (exact) mass is 178 g/mol. The van der Waals surface area contributed by atoms with Crippen molar-refractivity contribution < 1.29 is 5.11 Å². The van der Waals surface area contributed by atoms with Gasteiger partial charge in [-0.2, -0.15) is 0 Å². The minimum Gasteiger partial charge on any atom is -0.507 e. The first kappa shape index (κ1) is 7.36. The average molecular weight is 178 g/mol. The molecule has 0 unspecified atom stereocenters. The van der Waals surface area contributed by atoms with Gasteiger partial charge in [-0.15, -0.1) is 12.6 Å². The first-order chi connectivity index (χ1) is 5.77. The zero-order valence-electron chi connectivity index (χ0n) is 6.10. The molecule has 0 radical (unpaired) electrons. The molecule has 3 nitrogen and oxygen atoms in total. The lowest BCUT2D eigenvalue weighted by atomic mass is 10.2. The number of rotatable bonds is 0. The minimum absolute atomic E-state index is 0.143. The summed E-state index contributed by atoms with van der Waals surface area (Å²) in [5.41, 5.74) is 0.723. The van der Waals surface area contributed by atoms with Gasteiger partial charge in [-0.1, -0.05) is 0 Å². The van der Waals surface area contributed by atoms with E-state index in [0.29, 0.717) is 4.90 Å². The van der Waals surface area contributed by atoms with E-state index in [-0.39, 0.29) is 5.75 Å². The van der Waals surface area contributed by atoms with Crippen molar-refractivity contribution in [2.24, 2.45) is 0 Å². The Balaban J connectivity index is 2.84. The van der Waals surface area contributed by atoms with Crippen molar-refractivity contribution in [3.63, 3.8) is 0 Å². The number of fused-ring (bicyclic) bond motifs is 1. The van der Waals surface area contributed by atoms with E-state index in [2.05, 4.69) is 22.6 Å². The van der Waals surface area contributed by atoms with Crippen LogP contribution in [-0.2, 0) is 0 Å². The maximum absolute atomic E-state index is 9.28. The number of aromatic hydroxyl groups is 1. The molecule has 0 atom stereocenters. The van der Waals surface area contributed by atoms with Crippen LogP contribution in [0.1, 0.15) is 0 Å². The molecule has 0 aliphatic carbocycles. The average Bonchev–Trinajstić information content (AvgIpc) is 2.07. The van der Waals surface area contributed by atoms with Crippen molar-refractivity contribution in [2.45, 2.75) is 4.90 Å². The Morgan fingerprint density at radius 2 is 2.17 bits per heavy atom. The fourth-order valence-corrected chi connectivity index (χ4v) is 1.21. The summed E-state index contributed by atoms with van der Waals surface area (Å²) in [5.74, 6) is 0.143. The number of benzene rings is 1. The first-order valence-corrected chi connectivity index (χ1v) is 3.84. The van der Waals surface area contributed by atoms with Crippen LogP contribution >= 0.6 is 12.6 Å². The second-order valence-corrected chi connectivity index (χ2v) is 2.90. The summed E-state index contributed by atoms with van der Waals surface area (Å²) < 4.78 is 0. The summed E-state index contributed by atoms with van der Waals surface area (Å²) >= 11 is 4.07. The lowest BCUT2D eigenvalue weighted by molar-refractivity contribution is 0.463. The third-order valence-electron chi connectivity index (χ3n) is 1.60. The molecule has 4 heteroatoms. The smallest absolute Gasteiger partial charge is 0.131 e. The van der Waals surface area contributed by atoms with Gasteiger partial charge in [0.05, 0.1) is 5.52 Å². The van der Waals surface area contributed by atoms with Gasteiger partial charge in [0.15, 0.2) is 0 Å². The molecule has 0 saturated heterocycles. The SMILES string of the molecule is Oc1cc2ncncc2cc1S. The highest BCUT2D eigenvalue weighted by molar-refractivity contribution is 7.80. The van der Waals surface area contributed by atoms with E-state index in [1.807, 2.05) is 0 Å². The fourth-order valence-electron chi connectivity index (χ4n) is 1.01. The Morgan fingerprint density at radius 3 is 3.00 bits per heavy atom. The van der Waals surface area contributed by atoms with Gasteiger partial charge < -0.3 is 5.11 Å². The predicted octanol–water partition coefficient (Wildman–Crippen LogP) is 1.62. The number of phenols is 1. The van der Waals surface area contributed by atoms with Crippen molar-refractivity contribution in [1.82, 2.24) is 9.97 Å². The van der Waals surface area contributed by atoms with Crippen LogP contribution in [0.5, 0.6) is 5.75 Å². The second-order valence-electron chi connectivity index (χ2n) is 2.42. The molecule has 60 valence electrons. The van der Waals surface area contributed by atoms with Crippen molar-refractivity contribution in [3.8, 4) is 5.75 Å². The van der Waals surface area contributed by atoms with E-state index in [9.17, 15) is 5.11 Å². The Bertz CT molecular complexity index is 390. The molecule has 1 aromatic carbocycles. The Kier molecular flexibility index (Phi) is 1.62. The summed E-state index contributed by atoms with van der Waals surface area (Å²) in [4.78, 5) is 8.37. The zero-order valence-corrected chi connectivity index (χ0v) is 6.99. The molecule has 0 saturated carbocycles. The number of nitrogens with zero attached hydrogens (tertiary/aromatic N) is 2. The van der Waals surface area contributed by atoms with Crippen LogP contribution < -0.4 is 0 Å². The summed E-state index contributed by atoms with van der Waals surface area (Å²) in [7, 11) is 0. The first-order valence-electron chi connectivity index (χ1n) is 3.39. The molecule has 1 aromatic heterocycles. The fraction of sp³-hybridized carbons (Fsp3) is 0. The highest BCUT2D eigenvalue weighted by Crippen LogP contribution is 2.25. The Labute approximate surface area is 74.5 Å². The molecule has 12 heavy (non-hydrogen) atoms. The zero-order chi connectivity index (χ0) is 8.55. The van der Waals surface area contributed by atoms with Gasteiger partial charge in [-0.05, 0) is 6.07 Å². The molecule has 0 amide bonds. The number of thiol groups is 1. The van der Waals surface area contributed by atoms with E-state index < -0.39 is 0 Å². The molecular weight excluding hydrogens is 172 g/mol. The van der Waals surface area contributed by atoms with Crippen LogP contribution in [0.3, 0.4) is 0 Å². The Hall–Kier alpha value is -1.29. The van der Waals surface area contributed by atoms with Gasteiger partial charge in [0.2, 0.25) is 0 Å². The van der Waals surface area contributed by atoms with Gasteiger partial charge in [0, 0.05) is 22.5 Å². The third kappa shape index (κ3) is 1.10. The van der Waals surface area contributed by atoms with Gasteiger partial charge in [-0.25, -0.2) is 9.97 Å². The molecular formula is C8H6N2OS. The van der Waals surface area contributed by atoms with Crippen LogP contribution in [0.25, 0.3) is 10.9 Å². The predicted molar refractivity (Wildman–Crippen MR) is 48.5 cm³/mol. The molecule has 1 heterocycles. The second kappa shape index (κ2) is 2.64. The lowest BCUT2D eigenvalue weighted by Gasteiger charge is -1.99. The van der Waals surface area contributed by atoms with Crippen molar-refractivity contribution in [3.05, 3.63) is 24.7 Å². The highest BCUT2D eigenvalue weighted by Gasteiger charge is 1.99. The summed E-state index contributed by atoms with van der Waals surface area (Å²) in [6.45, 7) is 0. The molecule has 2 rings (SSSR count). The van der Waals surface area contributed by atoms with Crippen molar-refractivity contribution in [1.29, 1.82) is 0 Å². The molecule has 1 N–H and O–H groups in total. The number of hydrogen-bond donors (Lipinski definition) is 2. The van der Waals surface area contributed by atoms with Gasteiger partial charge in [0.25, 0.3) is 0 Å². The Morgan fingerprint density at radius 1 is 1.33 bits per heavy atom. The topological polar surface area (TPSA) is 46.0 Å². The molecule has 2 aromatic rings. The third-order valence-corrected chi connectivity index (χ3v) is 1.96. The van der Waals surface area contributed by atoms with Crippen molar-refractivity contribution >= 4 is 23.5 Å². The normalized spacial score (nSPS) is 10.4. The molecule has 0 bridgehead atoms. The highest BCUT2D eigenvalue weighted by atomic mass is 32.1. The number of aromatic nitrogens is 2. The van der Waals surface area contributed by atoms with E-state index in [1.54, 1.807) is 18.3 Å². The lowest BCUT2D eigenvalue weighted by Crippen LogP contribution is -1.80. The molecule has 0 fully saturated rings. The number of phenolic OH excluding ortho intramolecular Hbond substituents is 1. The van der Waals surface area contributed by atoms with E-state index in [0.717, 1.165) is 10.9 Å². The molecule has 0 aliphatic rings. The van der Waals surface area contributed by atoms with Gasteiger partial charge in [0.1, 0.15) is 12.1 Å². The van der Waals surface area contributed by atoms with Crippen LogP contribution in [0.15, 0.2) is 29.6 Å². The maximum atomic E-state index is 9.28. The van der Waals surface area contributed by atoms with Crippen LogP contribution in [0, 0.1) is 0 Å². The molecule has 0 aliphatic heterocycles. The van der Waals surface area contributed by atoms with Crippen LogP contribution in [0.4, 0.5) is 0 Å². The number of hydrogen-bond acceptors (Lipinski definition) is 4. The molecule has 0 spiro atoms. The van der Waals surface area contributed by atoms with E-state index in [4.69, 9.17) is 0 Å². The van der Waals surface area contributed by atoms with Crippen LogP contribution in [0.2, 0.25) is 0 Å². The minimum atomic E-state index is 0.143. The van der Waals surface area contributed by atoms with E-state index in [1.165, 1.54) is 6.33 Å². The standard InChI is InChI=1S/C8H6N2OS/c11-7-2-6-5(1-8(7)12)3-9-4-10-6/h1-4,11-12H. The van der Waals surface area contributed by atoms with Gasteiger partial charge in [-0.3, -0.25) is 0 Å². The summed E-state index contributed by atoms with van der Waals surface area (Å²) in [5, 5.41) is 10.2. The van der Waals surface area contributed by atoms with Crippen LogP contribution in [-0.4, -0.2) is 15.1 Å². The van der Waals surface area contributed by atoms with Crippen molar-refractivity contribution in [2.75, 3.05) is 0 Å².